The number of carbonyl (C=O) groups is 3. The molecule has 0 bridgehead atoms. The Balaban J connectivity index is 2.89. The molecule has 8 heteroatoms. The lowest BCUT2D eigenvalue weighted by Crippen LogP contribution is -2.58. The number of ketones is 1. The molecule has 0 spiro atoms. The van der Waals surface area contributed by atoms with Crippen LogP contribution in [-0.2, 0) is 19.1 Å². The molecular formula is C18H30O8. The average molecular weight is 374 g/mol. The van der Waals surface area contributed by atoms with Gasteiger partial charge in [0.1, 0.15) is 5.78 Å². The largest absolute Gasteiger partial charge is 0.481 e. The van der Waals surface area contributed by atoms with Crippen molar-refractivity contribution in [3.05, 3.63) is 0 Å². The summed E-state index contributed by atoms with van der Waals surface area (Å²) < 4.78 is 5.81. The van der Waals surface area contributed by atoms with Crippen molar-refractivity contribution in [3.63, 3.8) is 0 Å². The second-order valence-corrected chi connectivity index (χ2v) is 7.55. The van der Waals surface area contributed by atoms with Crippen LogP contribution in [0.5, 0.6) is 0 Å². The SMILES string of the molecule is CC(=O)CCC[C@H](C)[C@H](O)[C@@H]1O[C@@](C)(CCC(=O)O)[C@H](O)C[C@H]1C(=O)O. The maximum Gasteiger partial charge on any atom is 0.309 e. The van der Waals surface area contributed by atoms with Gasteiger partial charge in [-0.1, -0.05) is 6.92 Å². The van der Waals surface area contributed by atoms with Gasteiger partial charge in [0.2, 0.25) is 0 Å². The van der Waals surface area contributed by atoms with Crippen LogP contribution in [0.2, 0.25) is 0 Å². The molecule has 0 aliphatic carbocycles. The van der Waals surface area contributed by atoms with Crippen molar-refractivity contribution < 1.29 is 39.5 Å². The minimum absolute atomic E-state index is 0.0117. The molecule has 0 unspecified atom stereocenters. The summed E-state index contributed by atoms with van der Waals surface area (Å²) in [4.78, 5) is 33.5. The molecule has 0 saturated carbocycles. The fourth-order valence-electron chi connectivity index (χ4n) is 3.39. The van der Waals surface area contributed by atoms with Crippen LogP contribution < -0.4 is 0 Å². The molecule has 0 amide bonds. The number of carboxylic acid groups (broad SMARTS) is 2. The van der Waals surface area contributed by atoms with Gasteiger partial charge >= 0.3 is 11.9 Å². The number of Topliss-reactive ketones (excluding diaryl/α,β-unsaturated/α-hetero) is 1. The van der Waals surface area contributed by atoms with Crippen LogP contribution >= 0.6 is 0 Å². The van der Waals surface area contributed by atoms with Gasteiger partial charge in [-0.2, -0.15) is 0 Å². The number of aliphatic hydroxyl groups is 2. The molecule has 150 valence electrons. The van der Waals surface area contributed by atoms with Crippen molar-refractivity contribution in [2.75, 3.05) is 0 Å². The lowest BCUT2D eigenvalue weighted by Gasteiger charge is -2.47. The number of hydrogen-bond donors (Lipinski definition) is 4. The molecule has 1 aliphatic heterocycles. The summed E-state index contributed by atoms with van der Waals surface area (Å²) in [7, 11) is 0. The Morgan fingerprint density at radius 1 is 1.23 bits per heavy atom. The Morgan fingerprint density at radius 2 is 1.85 bits per heavy atom. The predicted molar refractivity (Wildman–Crippen MR) is 91.6 cm³/mol. The van der Waals surface area contributed by atoms with Crippen molar-refractivity contribution in [2.24, 2.45) is 11.8 Å². The highest BCUT2D eigenvalue weighted by molar-refractivity contribution is 5.75. The fourth-order valence-corrected chi connectivity index (χ4v) is 3.39. The highest BCUT2D eigenvalue weighted by Gasteiger charge is 2.50. The van der Waals surface area contributed by atoms with Gasteiger partial charge in [-0.3, -0.25) is 9.59 Å². The molecule has 1 fully saturated rings. The third-order valence-corrected chi connectivity index (χ3v) is 5.24. The Morgan fingerprint density at radius 3 is 2.35 bits per heavy atom. The van der Waals surface area contributed by atoms with E-state index in [0.29, 0.717) is 19.3 Å². The first-order chi connectivity index (χ1) is 12.0. The summed E-state index contributed by atoms with van der Waals surface area (Å²) in [5.41, 5.74) is -1.24. The number of aliphatic carboxylic acids is 2. The maximum absolute atomic E-state index is 11.6. The Hall–Kier alpha value is -1.51. The van der Waals surface area contributed by atoms with Crippen LogP contribution in [0.1, 0.15) is 59.3 Å². The molecule has 0 aromatic rings. The van der Waals surface area contributed by atoms with Gasteiger partial charge in [-0.05, 0) is 45.4 Å². The Kier molecular flexibility index (Phi) is 8.17. The zero-order chi connectivity index (χ0) is 20.1. The first-order valence-corrected chi connectivity index (χ1v) is 8.96. The molecule has 0 aromatic heterocycles. The topological polar surface area (TPSA) is 141 Å². The maximum atomic E-state index is 11.6. The lowest BCUT2D eigenvalue weighted by molar-refractivity contribution is -0.237. The Bertz CT molecular complexity index is 519. The minimum Gasteiger partial charge on any atom is -0.481 e. The molecule has 6 atom stereocenters. The highest BCUT2D eigenvalue weighted by Crippen LogP contribution is 2.39. The third kappa shape index (κ3) is 6.03. The van der Waals surface area contributed by atoms with Crippen molar-refractivity contribution >= 4 is 17.7 Å². The van der Waals surface area contributed by atoms with E-state index in [0.717, 1.165) is 0 Å². The summed E-state index contributed by atoms with van der Waals surface area (Å²) in [6.07, 6.45) is -2.13. The normalized spacial score (nSPS) is 31.2. The van der Waals surface area contributed by atoms with E-state index in [-0.39, 0.29) is 31.0 Å². The number of carboxylic acids is 2. The smallest absolute Gasteiger partial charge is 0.309 e. The summed E-state index contributed by atoms with van der Waals surface area (Å²) in [6.45, 7) is 4.78. The monoisotopic (exact) mass is 374 g/mol. The van der Waals surface area contributed by atoms with E-state index in [1.165, 1.54) is 6.92 Å². The van der Waals surface area contributed by atoms with Crippen LogP contribution in [0, 0.1) is 11.8 Å². The number of ether oxygens (including phenoxy) is 1. The van der Waals surface area contributed by atoms with Crippen LogP contribution in [0.15, 0.2) is 0 Å². The second kappa shape index (κ2) is 9.43. The van der Waals surface area contributed by atoms with Crippen molar-refractivity contribution in [3.8, 4) is 0 Å². The zero-order valence-corrected chi connectivity index (χ0v) is 15.6. The molecule has 4 N–H and O–H groups in total. The van der Waals surface area contributed by atoms with Gasteiger partial charge < -0.3 is 30.0 Å². The molecule has 0 aromatic carbocycles. The molecule has 1 rings (SSSR count). The summed E-state index contributed by atoms with van der Waals surface area (Å²) in [6, 6.07) is 0. The third-order valence-electron chi connectivity index (χ3n) is 5.24. The average Bonchev–Trinajstić information content (AvgIpc) is 2.54. The molecule has 0 radical (unpaired) electrons. The van der Waals surface area contributed by atoms with E-state index in [2.05, 4.69) is 0 Å². The lowest BCUT2D eigenvalue weighted by atomic mass is 9.77. The van der Waals surface area contributed by atoms with Gasteiger partial charge in [0.25, 0.3) is 0 Å². The van der Waals surface area contributed by atoms with E-state index in [1.54, 1.807) is 13.8 Å². The quantitative estimate of drug-likeness (QED) is 0.447. The molecular weight excluding hydrogens is 344 g/mol. The number of carbonyl (C=O) groups excluding carboxylic acids is 1. The number of aliphatic hydroxyl groups excluding tert-OH is 2. The van der Waals surface area contributed by atoms with E-state index >= 15 is 0 Å². The van der Waals surface area contributed by atoms with Crippen LogP contribution in [-0.4, -0.2) is 62.1 Å². The van der Waals surface area contributed by atoms with E-state index in [4.69, 9.17) is 9.84 Å². The zero-order valence-electron chi connectivity index (χ0n) is 15.6. The molecule has 1 saturated heterocycles. The number of hydrogen-bond acceptors (Lipinski definition) is 6. The van der Waals surface area contributed by atoms with Crippen molar-refractivity contribution in [1.82, 2.24) is 0 Å². The van der Waals surface area contributed by atoms with E-state index in [9.17, 15) is 29.7 Å². The van der Waals surface area contributed by atoms with Crippen LogP contribution in [0.4, 0.5) is 0 Å². The minimum atomic E-state index is -1.24. The van der Waals surface area contributed by atoms with Gasteiger partial charge in [-0.25, -0.2) is 0 Å². The Labute approximate surface area is 153 Å². The van der Waals surface area contributed by atoms with Crippen LogP contribution in [0.25, 0.3) is 0 Å². The van der Waals surface area contributed by atoms with Crippen LogP contribution in [0.3, 0.4) is 0 Å². The van der Waals surface area contributed by atoms with E-state index < -0.39 is 41.8 Å². The van der Waals surface area contributed by atoms with Gasteiger partial charge in [0.05, 0.1) is 29.8 Å². The standard InChI is InChI=1S/C18H30O8/c1-10(5-4-6-11(2)19)15(23)16-12(17(24)25)9-13(20)18(3,26-16)8-7-14(21)22/h10,12-13,15-16,20,23H,4-9H2,1-3H3,(H,21,22)(H,24,25)/t10-,12+,13+,15-,16+,18-/m0/s1. The van der Waals surface area contributed by atoms with Gasteiger partial charge in [0.15, 0.2) is 0 Å². The predicted octanol–water partition coefficient (Wildman–Crippen LogP) is 1.22. The first-order valence-electron chi connectivity index (χ1n) is 8.96. The van der Waals surface area contributed by atoms with Gasteiger partial charge in [0, 0.05) is 12.8 Å². The second-order valence-electron chi connectivity index (χ2n) is 7.55. The fraction of sp³-hybridized carbons (Fsp3) is 0.833. The molecule has 26 heavy (non-hydrogen) atoms. The van der Waals surface area contributed by atoms with Crippen molar-refractivity contribution in [1.29, 1.82) is 0 Å². The molecule has 1 aliphatic rings. The molecule has 1 heterocycles. The molecule has 8 nitrogen and oxygen atoms in total. The van der Waals surface area contributed by atoms with Gasteiger partial charge in [-0.15, -0.1) is 0 Å². The summed E-state index contributed by atoms with van der Waals surface area (Å²) in [5.74, 6) is -3.57. The first kappa shape index (κ1) is 22.5. The van der Waals surface area contributed by atoms with E-state index in [1.807, 2.05) is 0 Å². The summed E-state index contributed by atoms with van der Waals surface area (Å²) in [5, 5.41) is 39.3. The van der Waals surface area contributed by atoms with Crippen molar-refractivity contribution in [2.45, 2.75) is 83.2 Å². The highest BCUT2D eigenvalue weighted by atomic mass is 16.5. The summed E-state index contributed by atoms with van der Waals surface area (Å²) >= 11 is 0. The number of rotatable bonds is 10.